The van der Waals surface area contributed by atoms with Gasteiger partial charge >= 0.3 is 12.0 Å². The molecule has 3 rings (SSSR count). The number of aliphatic hydroxyl groups is 1. The molecular formula is C21H23N3O8S. The Morgan fingerprint density at radius 3 is 2.12 bits per heavy atom. The maximum Gasteiger partial charge on any atom is 0.338 e. The molecule has 2 heterocycles. The molecule has 0 aliphatic carbocycles. The number of amides is 3. The normalized spacial score (nSPS) is 17.7. The third-order valence-electron chi connectivity index (χ3n) is 5.44. The Labute approximate surface area is 190 Å². The van der Waals surface area contributed by atoms with Gasteiger partial charge in [0.25, 0.3) is 5.91 Å². The van der Waals surface area contributed by atoms with Crippen LogP contribution >= 0.6 is 0 Å². The second-order valence-corrected chi connectivity index (χ2v) is 10.1. The maximum atomic E-state index is 12.9. The van der Waals surface area contributed by atoms with Crippen molar-refractivity contribution < 1.29 is 37.8 Å². The molecule has 11 nitrogen and oxygen atoms in total. The molecule has 2 N–H and O–H groups in total. The molecule has 1 saturated heterocycles. The van der Waals surface area contributed by atoms with Crippen molar-refractivity contribution in [3.63, 3.8) is 0 Å². The summed E-state index contributed by atoms with van der Waals surface area (Å²) in [5, 5.41) is 20.3. The first kappa shape index (κ1) is 24.1. The number of imide groups is 1. The van der Waals surface area contributed by atoms with Crippen molar-refractivity contribution in [2.24, 2.45) is 0 Å². The summed E-state index contributed by atoms with van der Waals surface area (Å²) in [6, 6.07) is 7.54. The van der Waals surface area contributed by atoms with Crippen molar-refractivity contribution >= 4 is 27.7 Å². The zero-order chi connectivity index (χ0) is 24.6. The summed E-state index contributed by atoms with van der Waals surface area (Å²) >= 11 is 0. The molecule has 1 unspecified atom stereocenters. The highest BCUT2D eigenvalue weighted by Gasteiger charge is 2.54. The van der Waals surface area contributed by atoms with Crippen LogP contribution in [0.5, 0.6) is 11.5 Å². The highest BCUT2D eigenvalue weighted by atomic mass is 32.2. The van der Waals surface area contributed by atoms with E-state index in [4.69, 9.17) is 4.74 Å². The van der Waals surface area contributed by atoms with Gasteiger partial charge in [0.1, 0.15) is 17.0 Å². The standard InChI is InChI=1S/C21H23N3O8S/c1-20(2)17(25)24(19(28)23(20)3)12-21(29,18(26)27)13-33(30,31)16-6-4-14(5-7-16)32-15-8-10-22-11-9-15/h4-11,29H,12-13H2,1-3H3,(H,26,27). The SMILES string of the molecule is CN1C(=O)N(CC(O)(CS(=O)(=O)c2ccc(Oc3ccncc3)cc2)C(=O)O)C(=O)C1(C)C. The van der Waals surface area contributed by atoms with E-state index in [0.717, 1.165) is 4.90 Å². The number of carboxylic acids is 1. The zero-order valence-corrected chi connectivity index (χ0v) is 18.9. The summed E-state index contributed by atoms with van der Waals surface area (Å²) in [4.78, 5) is 42.0. The van der Waals surface area contributed by atoms with Gasteiger partial charge in [-0.15, -0.1) is 0 Å². The minimum absolute atomic E-state index is 0.263. The topological polar surface area (TPSA) is 154 Å². The quantitative estimate of drug-likeness (QED) is 0.533. The number of aromatic nitrogens is 1. The summed E-state index contributed by atoms with van der Waals surface area (Å²) in [5.74, 6) is -3.07. The van der Waals surface area contributed by atoms with Crippen LogP contribution in [0.1, 0.15) is 13.8 Å². The number of carbonyl (C=O) groups excluding carboxylic acids is 2. The largest absolute Gasteiger partial charge is 0.479 e. The number of aliphatic carboxylic acids is 1. The number of hydrogen-bond acceptors (Lipinski definition) is 8. The van der Waals surface area contributed by atoms with Crippen molar-refractivity contribution in [2.45, 2.75) is 29.9 Å². The molecule has 1 atom stereocenters. The second kappa shape index (κ2) is 8.45. The number of β-amino-alcohol motifs (C(OH)–C–C–N with tert-alkyl or cyclic N) is 1. The molecule has 0 spiro atoms. The Morgan fingerprint density at radius 2 is 1.64 bits per heavy atom. The Kier molecular flexibility index (Phi) is 6.18. The molecule has 2 aromatic rings. The van der Waals surface area contributed by atoms with E-state index in [0.29, 0.717) is 16.4 Å². The van der Waals surface area contributed by atoms with Gasteiger partial charge in [-0.1, -0.05) is 0 Å². The molecule has 12 heteroatoms. The van der Waals surface area contributed by atoms with Crippen LogP contribution in [0.2, 0.25) is 0 Å². The Balaban J connectivity index is 1.81. The number of carboxylic acid groups (broad SMARTS) is 1. The van der Waals surface area contributed by atoms with Gasteiger partial charge in [-0.05, 0) is 50.2 Å². The Hall–Kier alpha value is -3.51. The van der Waals surface area contributed by atoms with Crippen LogP contribution in [-0.2, 0) is 19.4 Å². The number of ether oxygens (including phenoxy) is 1. The number of benzene rings is 1. The van der Waals surface area contributed by atoms with Crippen molar-refractivity contribution in [3.8, 4) is 11.5 Å². The van der Waals surface area contributed by atoms with Crippen molar-refractivity contribution in [1.82, 2.24) is 14.8 Å². The molecule has 176 valence electrons. The fourth-order valence-corrected chi connectivity index (χ4v) is 4.77. The number of urea groups is 1. The fraction of sp³-hybridized carbons (Fsp3) is 0.333. The highest BCUT2D eigenvalue weighted by molar-refractivity contribution is 7.91. The van der Waals surface area contributed by atoms with Crippen molar-refractivity contribution in [3.05, 3.63) is 48.8 Å². The number of rotatable bonds is 8. The van der Waals surface area contributed by atoms with E-state index in [2.05, 4.69) is 4.98 Å². The van der Waals surface area contributed by atoms with Gasteiger partial charge in [-0.25, -0.2) is 18.0 Å². The zero-order valence-electron chi connectivity index (χ0n) is 18.1. The van der Waals surface area contributed by atoms with Gasteiger partial charge in [0.15, 0.2) is 15.4 Å². The average Bonchev–Trinajstić information content (AvgIpc) is 2.89. The van der Waals surface area contributed by atoms with Crippen LogP contribution in [0.3, 0.4) is 0 Å². The van der Waals surface area contributed by atoms with Gasteiger partial charge in [0.05, 0.1) is 17.2 Å². The first-order valence-electron chi connectivity index (χ1n) is 9.74. The molecule has 0 saturated carbocycles. The minimum atomic E-state index is -4.33. The number of likely N-dealkylation sites (N-methyl/N-ethyl adjacent to an activating group) is 1. The Morgan fingerprint density at radius 1 is 1.09 bits per heavy atom. The van der Waals surface area contributed by atoms with E-state index in [1.165, 1.54) is 57.6 Å². The van der Waals surface area contributed by atoms with E-state index in [-0.39, 0.29) is 4.90 Å². The number of sulfone groups is 1. The molecule has 33 heavy (non-hydrogen) atoms. The monoisotopic (exact) mass is 477 g/mol. The molecule has 1 fully saturated rings. The molecule has 1 aliphatic rings. The molecule has 0 bridgehead atoms. The van der Waals surface area contributed by atoms with Crippen LogP contribution < -0.4 is 4.74 Å². The second-order valence-electron chi connectivity index (χ2n) is 8.14. The van der Waals surface area contributed by atoms with Gasteiger partial charge in [0, 0.05) is 19.4 Å². The minimum Gasteiger partial charge on any atom is -0.479 e. The summed E-state index contributed by atoms with van der Waals surface area (Å²) in [7, 11) is -2.98. The maximum absolute atomic E-state index is 12.9. The molecule has 0 radical (unpaired) electrons. The van der Waals surface area contributed by atoms with Crippen LogP contribution in [0.15, 0.2) is 53.7 Å². The van der Waals surface area contributed by atoms with Crippen LogP contribution in [-0.4, -0.2) is 81.8 Å². The lowest BCUT2D eigenvalue weighted by molar-refractivity contribution is -0.158. The van der Waals surface area contributed by atoms with Gasteiger partial charge in [-0.2, -0.15) is 0 Å². The fourth-order valence-electron chi connectivity index (χ4n) is 3.21. The van der Waals surface area contributed by atoms with Crippen molar-refractivity contribution in [1.29, 1.82) is 0 Å². The van der Waals surface area contributed by atoms with E-state index in [1.54, 1.807) is 12.1 Å². The summed E-state index contributed by atoms with van der Waals surface area (Å²) in [5.41, 5.74) is -4.18. The van der Waals surface area contributed by atoms with Gasteiger partial charge in [0.2, 0.25) is 0 Å². The smallest absolute Gasteiger partial charge is 0.338 e. The van der Waals surface area contributed by atoms with E-state index >= 15 is 0 Å². The molecule has 1 aliphatic heterocycles. The third kappa shape index (κ3) is 4.66. The van der Waals surface area contributed by atoms with E-state index in [9.17, 15) is 33.0 Å². The first-order chi connectivity index (χ1) is 15.3. The molecular weight excluding hydrogens is 454 g/mol. The van der Waals surface area contributed by atoms with Crippen molar-refractivity contribution in [2.75, 3.05) is 19.3 Å². The van der Waals surface area contributed by atoms with Crippen LogP contribution in [0.25, 0.3) is 0 Å². The third-order valence-corrected chi connectivity index (χ3v) is 7.29. The van der Waals surface area contributed by atoms with E-state index < -0.39 is 51.2 Å². The number of nitrogens with zero attached hydrogens (tertiary/aromatic N) is 3. The average molecular weight is 477 g/mol. The number of pyridine rings is 1. The van der Waals surface area contributed by atoms with Crippen LogP contribution in [0, 0.1) is 0 Å². The predicted molar refractivity (Wildman–Crippen MR) is 114 cm³/mol. The molecule has 1 aromatic carbocycles. The van der Waals surface area contributed by atoms with Gasteiger partial charge in [-0.3, -0.25) is 14.7 Å². The van der Waals surface area contributed by atoms with Gasteiger partial charge < -0.3 is 19.8 Å². The Bertz CT molecular complexity index is 1180. The lowest BCUT2D eigenvalue weighted by Gasteiger charge is -2.27. The summed E-state index contributed by atoms with van der Waals surface area (Å²) in [6.45, 7) is 1.90. The lowest BCUT2D eigenvalue weighted by Crippen LogP contribution is -2.55. The summed E-state index contributed by atoms with van der Waals surface area (Å²) in [6.07, 6.45) is 3.05. The number of carbonyl (C=O) groups is 3. The lowest BCUT2D eigenvalue weighted by atomic mass is 10.0. The molecule has 3 amide bonds. The highest BCUT2D eigenvalue weighted by Crippen LogP contribution is 2.29. The molecule has 1 aromatic heterocycles. The first-order valence-corrected chi connectivity index (χ1v) is 11.4. The summed E-state index contributed by atoms with van der Waals surface area (Å²) < 4.78 is 31.3. The van der Waals surface area contributed by atoms with E-state index in [1.807, 2.05) is 0 Å². The predicted octanol–water partition coefficient (Wildman–Crippen LogP) is 1.14. The number of hydrogen-bond donors (Lipinski definition) is 2. The van der Waals surface area contributed by atoms with Crippen LogP contribution in [0.4, 0.5) is 4.79 Å².